The monoisotopic (exact) mass is 467 g/mol. The predicted octanol–water partition coefficient (Wildman–Crippen LogP) is 4.47. The molecule has 7 nitrogen and oxygen atoms in total. The Morgan fingerprint density at radius 1 is 1.12 bits per heavy atom. The van der Waals surface area contributed by atoms with Crippen LogP contribution < -0.4 is 5.32 Å². The number of nitrogens with zero attached hydrogens (tertiary/aromatic N) is 2. The van der Waals surface area contributed by atoms with Crippen LogP contribution in [0.4, 0.5) is 0 Å². The minimum absolute atomic E-state index is 0.0828. The molecule has 1 rings (SSSR count). The van der Waals surface area contributed by atoms with Gasteiger partial charge in [0, 0.05) is 25.2 Å². The van der Waals surface area contributed by atoms with Gasteiger partial charge in [0.15, 0.2) is 0 Å². The van der Waals surface area contributed by atoms with Crippen LogP contribution in [0.25, 0.3) is 0 Å². The zero-order valence-corrected chi connectivity index (χ0v) is 22.5. The van der Waals surface area contributed by atoms with Crippen molar-refractivity contribution in [2.75, 3.05) is 20.1 Å². The van der Waals surface area contributed by atoms with E-state index in [1.165, 1.54) is 24.3 Å². The van der Waals surface area contributed by atoms with Crippen LogP contribution in [-0.2, 0) is 14.4 Å². The normalized spacial score (nSPS) is 18.2. The van der Waals surface area contributed by atoms with Crippen molar-refractivity contribution in [2.45, 2.75) is 112 Å². The standard InChI is InChI=1S/C23H41N3O4.C3H8/c1-8-17(9-2)26-14-11-10-12-18(26)20(27)24-19(23(4,5)6)21(28)25(7)15-13-16(3)22(29)30;1-3-2/h13,17-19H,8-12,14-15H2,1-7H3,(H,24,27)(H,29,30);3H2,1-2H3/b16-13+;. The minimum Gasteiger partial charge on any atom is -0.478 e. The van der Waals surface area contributed by atoms with Gasteiger partial charge in [0.05, 0.1) is 6.04 Å². The number of aliphatic carboxylic acids is 1. The SMILES string of the molecule is CCC.CCC(CC)N1CCCCC1C(=O)NC(C(=O)N(C)C/C=C(\C)C(=O)O)C(C)(C)C. The van der Waals surface area contributed by atoms with Crippen LogP contribution in [0.2, 0.25) is 0 Å². The Labute approximate surface area is 202 Å². The lowest BCUT2D eigenvalue weighted by Gasteiger charge is -2.41. The second-order valence-corrected chi connectivity index (χ2v) is 10.1. The Hall–Kier alpha value is -1.89. The first kappa shape index (κ1) is 31.1. The molecule has 2 N–H and O–H groups in total. The van der Waals surface area contributed by atoms with Crippen LogP contribution in [-0.4, -0.2) is 71.0 Å². The molecular weight excluding hydrogens is 418 g/mol. The van der Waals surface area contributed by atoms with Crippen molar-refractivity contribution in [1.82, 2.24) is 15.1 Å². The number of carboxylic acid groups (broad SMARTS) is 1. The molecule has 2 amide bonds. The summed E-state index contributed by atoms with van der Waals surface area (Å²) in [6.07, 6.45) is 7.68. The summed E-state index contributed by atoms with van der Waals surface area (Å²) >= 11 is 0. The Morgan fingerprint density at radius 2 is 1.67 bits per heavy atom. The number of rotatable bonds is 9. The lowest BCUT2D eigenvalue weighted by molar-refractivity contribution is -0.140. The molecule has 33 heavy (non-hydrogen) atoms. The van der Waals surface area contributed by atoms with Crippen molar-refractivity contribution in [3.05, 3.63) is 11.6 Å². The van der Waals surface area contributed by atoms with Crippen molar-refractivity contribution in [1.29, 1.82) is 0 Å². The van der Waals surface area contributed by atoms with Crippen LogP contribution in [0, 0.1) is 5.41 Å². The number of amides is 2. The maximum Gasteiger partial charge on any atom is 0.331 e. The predicted molar refractivity (Wildman–Crippen MR) is 135 cm³/mol. The Morgan fingerprint density at radius 3 is 2.12 bits per heavy atom. The van der Waals surface area contributed by atoms with Gasteiger partial charge in [0.25, 0.3) is 0 Å². The molecule has 0 saturated carbocycles. The van der Waals surface area contributed by atoms with E-state index in [1.54, 1.807) is 7.05 Å². The van der Waals surface area contributed by atoms with Gasteiger partial charge < -0.3 is 15.3 Å². The zero-order chi connectivity index (χ0) is 25.8. The van der Waals surface area contributed by atoms with Gasteiger partial charge in [-0.3, -0.25) is 14.5 Å². The van der Waals surface area contributed by atoms with Crippen LogP contribution in [0.3, 0.4) is 0 Å². The summed E-state index contributed by atoms with van der Waals surface area (Å²) in [6, 6.07) is -0.517. The lowest BCUT2D eigenvalue weighted by Crippen LogP contribution is -2.60. The number of nitrogens with one attached hydrogen (secondary N) is 1. The minimum atomic E-state index is -1.00. The van der Waals surface area contributed by atoms with Crippen molar-refractivity contribution >= 4 is 17.8 Å². The van der Waals surface area contributed by atoms with Gasteiger partial charge in [-0.05, 0) is 44.6 Å². The van der Waals surface area contributed by atoms with Crippen LogP contribution in [0.5, 0.6) is 0 Å². The van der Waals surface area contributed by atoms with Crippen LogP contribution in [0.1, 0.15) is 93.9 Å². The van der Waals surface area contributed by atoms with Crippen molar-refractivity contribution in [3.63, 3.8) is 0 Å². The number of hydrogen-bond acceptors (Lipinski definition) is 4. The smallest absolute Gasteiger partial charge is 0.331 e. The molecule has 2 atom stereocenters. The van der Waals surface area contributed by atoms with Gasteiger partial charge in [-0.15, -0.1) is 0 Å². The second kappa shape index (κ2) is 15.1. The van der Waals surface area contributed by atoms with E-state index in [1.807, 2.05) is 20.8 Å². The molecule has 0 aromatic carbocycles. The number of carboxylic acids is 1. The summed E-state index contributed by atoms with van der Waals surface area (Å²) in [5.74, 6) is -1.30. The molecule has 7 heteroatoms. The van der Waals surface area contributed by atoms with Gasteiger partial charge >= 0.3 is 5.97 Å². The van der Waals surface area contributed by atoms with Gasteiger partial charge in [-0.25, -0.2) is 4.79 Å². The van der Waals surface area contributed by atoms with E-state index < -0.39 is 17.4 Å². The molecule has 1 heterocycles. The first-order valence-electron chi connectivity index (χ1n) is 12.6. The number of piperidine rings is 1. The highest BCUT2D eigenvalue weighted by molar-refractivity contribution is 5.90. The Balaban J connectivity index is 0.00000322. The fraction of sp³-hybridized carbons (Fsp3) is 0.808. The molecule has 2 unspecified atom stereocenters. The molecule has 1 aliphatic rings. The van der Waals surface area contributed by atoms with Gasteiger partial charge in [-0.2, -0.15) is 0 Å². The summed E-state index contributed by atoms with van der Waals surface area (Å²) in [5.41, 5.74) is -0.282. The van der Waals surface area contributed by atoms with E-state index in [-0.39, 0.29) is 30.0 Å². The molecule has 0 aromatic rings. The summed E-state index contributed by atoms with van der Waals surface area (Å²) in [4.78, 5) is 41.2. The number of hydrogen-bond donors (Lipinski definition) is 2. The number of carbonyl (C=O) groups excluding carboxylic acids is 2. The van der Waals surface area contributed by atoms with E-state index in [4.69, 9.17) is 5.11 Å². The average Bonchev–Trinajstić information content (AvgIpc) is 2.75. The highest BCUT2D eigenvalue weighted by Gasteiger charge is 2.38. The fourth-order valence-corrected chi connectivity index (χ4v) is 3.99. The average molecular weight is 468 g/mol. The Kier molecular flexibility index (Phi) is 14.2. The van der Waals surface area contributed by atoms with Gasteiger partial charge in [0.2, 0.25) is 11.8 Å². The molecule has 1 aliphatic heterocycles. The molecule has 0 radical (unpaired) electrons. The maximum atomic E-state index is 13.3. The third-order valence-corrected chi connectivity index (χ3v) is 6.04. The number of likely N-dealkylation sites (tertiary alicyclic amines) is 1. The third kappa shape index (κ3) is 10.3. The van der Waals surface area contributed by atoms with Gasteiger partial charge in [0.1, 0.15) is 6.04 Å². The molecule has 0 aliphatic carbocycles. The molecule has 0 bridgehead atoms. The van der Waals surface area contributed by atoms with E-state index in [2.05, 4.69) is 37.9 Å². The number of likely N-dealkylation sites (N-methyl/N-ethyl adjacent to an activating group) is 1. The van der Waals surface area contributed by atoms with Crippen molar-refractivity contribution < 1.29 is 19.5 Å². The molecule has 1 fully saturated rings. The summed E-state index contributed by atoms with van der Waals surface area (Å²) < 4.78 is 0. The second-order valence-electron chi connectivity index (χ2n) is 10.1. The molecule has 0 spiro atoms. The van der Waals surface area contributed by atoms with Crippen molar-refractivity contribution in [2.24, 2.45) is 5.41 Å². The fourth-order valence-electron chi connectivity index (χ4n) is 3.99. The van der Waals surface area contributed by atoms with Crippen LogP contribution >= 0.6 is 0 Å². The first-order chi connectivity index (χ1) is 15.3. The van der Waals surface area contributed by atoms with E-state index >= 15 is 0 Å². The van der Waals surface area contributed by atoms with E-state index in [0.29, 0.717) is 6.04 Å². The highest BCUT2D eigenvalue weighted by atomic mass is 16.4. The van der Waals surface area contributed by atoms with Gasteiger partial charge in [-0.1, -0.05) is 67.4 Å². The summed E-state index contributed by atoms with van der Waals surface area (Å²) in [6.45, 7) is 17.0. The number of carbonyl (C=O) groups is 3. The zero-order valence-electron chi connectivity index (χ0n) is 22.5. The lowest BCUT2D eigenvalue weighted by atomic mass is 9.85. The third-order valence-electron chi connectivity index (χ3n) is 6.04. The molecule has 0 aromatic heterocycles. The van der Waals surface area contributed by atoms with Crippen molar-refractivity contribution in [3.8, 4) is 0 Å². The molecular formula is C26H49N3O4. The Bertz CT molecular complexity index is 650. The maximum absolute atomic E-state index is 13.3. The summed E-state index contributed by atoms with van der Waals surface area (Å²) in [7, 11) is 1.63. The van der Waals surface area contributed by atoms with Crippen LogP contribution in [0.15, 0.2) is 11.6 Å². The van der Waals surface area contributed by atoms with E-state index in [9.17, 15) is 14.4 Å². The topological polar surface area (TPSA) is 90.0 Å². The first-order valence-corrected chi connectivity index (χ1v) is 12.6. The molecule has 192 valence electrons. The molecule has 1 saturated heterocycles. The highest BCUT2D eigenvalue weighted by Crippen LogP contribution is 2.25. The largest absolute Gasteiger partial charge is 0.478 e. The summed E-state index contributed by atoms with van der Waals surface area (Å²) in [5, 5.41) is 12.1. The van der Waals surface area contributed by atoms with E-state index in [0.717, 1.165) is 38.6 Å². The quantitative estimate of drug-likeness (QED) is 0.489.